The summed E-state index contributed by atoms with van der Waals surface area (Å²) in [7, 11) is -3.38. The Hall–Kier alpha value is -1.31. The second-order valence-corrected chi connectivity index (χ2v) is 10.3. The number of carbonyl (C=O) groups is 1. The summed E-state index contributed by atoms with van der Waals surface area (Å²) >= 11 is 6.07. The van der Waals surface area contributed by atoms with Crippen molar-refractivity contribution in [2.24, 2.45) is 0 Å². The number of urea groups is 1. The Balaban J connectivity index is 1.89. The summed E-state index contributed by atoms with van der Waals surface area (Å²) in [6.07, 6.45) is 1.19. The van der Waals surface area contributed by atoms with Crippen molar-refractivity contribution in [2.45, 2.75) is 51.3 Å². The van der Waals surface area contributed by atoms with Crippen molar-refractivity contribution in [3.05, 3.63) is 28.8 Å². The molecule has 1 heterocycles. The van der Waals surface area contributed by atoms with Crippen molar-refractivity contribution in [3.8, 4) is 0 Å². The number of hydrogen-bond acceptors (Lipinski definition) is 3. The molecule has 6 nitrogen and oxygen atoms in total. The molecule has 0 bridgehead atoms. The molecule has 0 unspecified atom stereocenters. The molecular weight excluding hydrogens is 362 g/mol. The van der Waals surface area contributed by atoms with Crippen LogP contribution in [0.2, 0.25) is 5.02 Å². The predicted molar refractivity (Wildman–Crippen MR) is 102 cm³/mol. The third kappa shape index (κ3) is 5.09. The van der Waals surface area contributed by atoms with Gasteiger partial charge < -0.3 is 10.2 Å². The fourth-order valence-electron chi connectivity index (χ4n) is 2.47. The van der Waals surface area contributed by atoms with Crippen LogP contribution in [0.3, 0.4) is 0 Å². The first-order valence-electron chi connectivity index (χ1n) is 8.33. The molecule has 2 N–H and O–H groups in total. The van der Waals surface area contributed by atoms with Crippen LogP contribution in [0.4, 0.5) is 10.5 Å². The van der Waals surface area contributed by atoms with Crippen molar-refractivity contribution in [2.75, 3.05) is 18.4 Å². The van der Waals surface area contributed by atoms with Crippen molar-refractivity contribution >= 4 is 33.3 Å². The van der Waals surface area contributed by atoms with Crippen molar-refractivity contribution < 1.29 is 13.2 Å². The number of rotatable bonds is 3. The number of halogens is 1. The Morgan fingerprint density at radius 1 is 1.24 bits per heavy atom. The normalized spacial score (nSPS) is 16.8. The molecule has 0 saturated carbocycles. The number of aryl methyl sites for hydroxylation is 1. The van der Waals surface area contributed by atoms with Crippen LogP contribution in [0.5, 0.6) is 0 Å². The molecule has 2 rings (SSSR count). The number of piperidine rings is 1. The molecule has 0 atom stereocenters. The van der Waals surface area contributed by atoms with Crippen LogP contribution in [-0.2, 0) is 10.0 Å². The van der Waals surface area contributed by atoms with Gasteiger partial charge in [-0.05, 0) is 58.2 Å². The molecule has 2 amide bonds. The molecule has 1 aliphatic rings. The van der Waals surface area contributed by atoms with E-state index in [2.05, 4.69) is 10.0 Å². The summed E-state index contributed by atoms with van der Waals surface area (Å²) in [5.41, 5.74) is 1.60. The molecule has 8 heteroatoms. The van der Waals surface area contributed by atoms with E-state index in [0.717, 1.165) is 5.56 Å². The van der Waals surface area contributed by atoms with Gasteiger partial charge in [0.15, 0.2) is 0 Å². The highest BCUT2D eigenvalue weighted by Crippen LogP contribution is 2.21. The predicted octanol–water partition coefficient (Wildman–Crippen LogP) is 3.36. The van der Waals surface area contributed by atoms with Gasteiger partial charge in [-0.1, -0.05) is 17.7 Å². The van der Waals surface area contributed by atoms with Crippen LogP contribution >= 0.6 is 11.6 Å². The number of benzene rings is 1. The maximum absolute atomic E-state index is 12.3. The Bertz CT molecular complexity index is 736. The topological polar surface area (TPSA) is 78.5 Å². The Kier molecular flexibility index (Phi) is 6.01. The van der Waals surface area contributed by atoms with Gasteiger partial charge in [0.1, 0.15) is 0 Å². The summed E-state index contributed by atoms with van der Waals surface area (Å²) in [5.74, 6) is 0. The van der Waals surface area contributed by atoms with Crippen LogP contribution < -0.4 is 10.0 Å². The zero-order valence-electron chi connectivity index (χ0n) is 15.1. The third-order valence-corrected chi connectivity index (χ3v) is 7.00. The molecule has 0 radical (unpaired) electrons. The van der Waals surface area contributed by atoms with Gasteiger partial charge in [-0.25, -0.2) is 17.9 Å². The van der Waals surface area contributed by atoms with Gasteiger partial charge in [0.05, 0.1) is 4.75 Å². The smallest absolute Gasteiger partial charge is 0.321 e. The van der Waals surface area contributed by atoms with E-state index in [1.54, 1.807) is 31.7 Å². The number of anilines is 1. The van der Waals surface area contributed by atoms with Gasteiger partial charge in [0, 0.05) is 29.8 Å². The Morgan fingerprint density at radius 3 is 2.36 bits per heavy atom. The molecule has 1 fully saturated rings. The molecule has 1 aliphatic heterocycles. The van der Waals surface area contributed by atoms with Gasteiger partial charge in [-0.2, -0.15) is 0 Å². The van der Waals surface area contributed by atoms with Gasteiger partial charge in [0.25, 0.3) is 0 Å². The number of hydrogen-bond donors (Lipinski definition) is 2. The molecular formula is C17H26ClN3O3S. The van der Waals surface area contributed by atoms with E-state index in [1.807, 2.05) is 19.1 Å². The summed E-state index contributed by atoms with van der Waals surface area (Å²) in [5, 5.41) is 3.44. The second-order valence-electron chi connectivity index (χ2n) is 7.39. The average Bonchev–Trinajstić information content (AvgIpc) is 2.50. The maximum atomic E-state index is 12.3. The standard InChI is InChI=1S/C17H26ClN3O3S/c1-12-5-6-14(11-15(12)18)19-16(22)21-9-7-13(8-10-21)20-25(23,24)17(2,3)4/h5-6,11,13,20H,7-10H2,1-4H3,(H,19,22). The molecule has 0 spiro atoms. The molecule has 1 saturated heterocycles. The number of likely N-dealkylation sites (tertiary alicyclic amines) is 1. The minimum absolute atomic E-state index is 0.137. The Morgan fingerprint density at radius 2 is 1.84 bits per heavy atom. The van der Waals surface area contributed by atoms with E-state index in [4.69, 9.17) is 11.6 Å². The number of carbonyl (C=O) groups excluding carboxylic acids is 1. The molecule has 25 heavy (non-hydrogen) atoms. The van der Waals surface area contributed by atoms with E-state index in [0.29, 0.717) is 36.6 Å². The first kappa shape index (κ1) is 20.0. The lowest BCUT2D eigenvalue weighted by Gasteiger charge is -2.33. The van der Waals surface area contributed by atoms with Gasteiger partial charge >= 0.3 is 6.03 Å². The highest BCUT2D eigenvalue weighted by atomic mass is 35.5. The summed E-state index contributed by atoms with van der Waals surface area (Å²) in [6, 6.07) is 5.05. The summed E-state index contributed by atoms with van der Waals surface area (Å²) in [4.78, 5) is 14.0. The zero-order chi connectivity index (χ0) is 18.8. The van der Waals surface area contributed by atoms with E-state index >= 15 is 0 Å². The van der Waals surface area contributed by atoms with E-state index in [-0.39, 0.29) is 12.1 Å². The quantitative estimate of drug-likeness (QED) is 0.834. The number of nitrogens with zero attached hydrogens (tertiary/aromatic N) is 1. The maximum Gasteiger partial charge on any atom is 0.321 e. The van der Waals surface area contributed by atoms with Gasteiger partial charge in [0.2, 0.25) is 10.0 Å². The zero-order valence-corrected chi connectivity index (χ0v) is 16.7. The summed E-state index contributed by atoms with van der Waals surface area (Å²) < 4.78 is 26.4. The largest absolute Gasteiger partial charge is 0.324 e. The SMILES string of the molecule is Cc1ccc(NC(=O)N2CCC(NS(=O)(=O)C(C)(C)C)CC2)cc1Cl. The van der Waals surface area contributed by atoms with Gasteiger partial charge in [-0.3, -0.25) is 0 Å². The second kappa shape index (κ2) is 7.51. The highest BCUT2D eigenvalue weighted by molar-refractivity contribution is 7.90. The van der Waals surface area contributed by atoms with Crippen LogP contribution in [-0.4, -0.2) is 43.2 Å². The third-order valence-electron chi connectivity index (χ3n) is 4.33. The van der Waals surface area contributed by atoms with Crippen molar-refractivity contribution in [1.29, 1.82) is 0 Å². The van der Waals surface area contributed by atoms with Crippen LogP contribution in [0, 0.1) is 6.92 Å². The van der Waals surface area contributed by atoms with E-state index in [1.165, 1.54) is 0 Å². The molecule has 140 valence electrons. The molecule has 1 aromatic carbocycles. The first-order valence-corrected chi connectivity index (χ1v) is 10.2. The number of nitrogens with one attached hydrogen (secondary N) is 2. The fourth-order valence-corrected chi connectivity index (χ4v) is 3.68. The lowest BCUT2D eigenvalue weighted by atomic mass is 10.1. The molecule has 0 aromatic heterocycles. The molecule has 0 aliphatic carbocycles. The average molecular weight is 388 g/mol. The highest BCUT2D eigenvalue weighted by Gasteiger charge is 2.33. The van der Waals surface area contributed by atoms with Crippen molar-refractivity contribution in [3.63, 3.8) is 0 Å². The van der Waals surface area contributed by atoms with Crippen LogP contribution in [0.15, 0.2) is 18.2 Å². The minimum Gasteiger partial charge on any atom is -0.324 e. The van der Waals surface area contributed by atoms with Crippen LogP contribution in [0.1, 0.15) is 39.2 Å². The Labute approximate surface area is 155 Å². The first-order chi connectivity index (χ1) is 11.5. The van der Waals surface area contributed by atoms with Crippen molar-refractivity contribution in [1.82, 2.24) is 9.62 Å². The number of amides is 2. The number of sulfonamides is 1. The molecule has 1 aromatic rings. The van der Waals surface area contributed by atoms with Gasteiger partial charge in [-0.15, -0.1) is 0 Å². The lowest BCUT2D eigenvalue weighted by Crippen LogP contribution is -2.50. The lowest BCUT2D eigenvalue weighted by molar-refractivity contribution is 0.193. The fraction of sp³-hybridized carbons (Fsp3) is 0.588. The van der Waals surface area contributed by atoms with E-state index < -0.39 is 14.8 Å². The summed E-state index contributed by atoms with van der Waals surface area (Å²) in [6.45, 7) is 7.92. The monoisotopic (exact) mass is 387 g/mol. The van der Waals surface area contributed by atoms with E-state index in [9.17, 15) is 13.2 Å². The van der Waals surface area contributed by atoms with Crippen LogP contribution in [0.25, 0.3) is 0 Å². The minimum atomic E-state index is -3.38.